The quantitative estimate of drug-likeness (QED) is 0.0366. The Morgan fingerprint density at radius 2 is 1.63 bits per heavy atom. The minimum absolute atomic E-state index is 0.218. The number of rotatable bonds is 14. The Labute approximate surface area is 270 Å². The molecule has 0 amide bonds. The number of carbonyl (C=O) groups is 2. The van der Waals surface area contributed by atoms with E-state index in [1.54, 1.807) is 6.07 Å². The molecule has 0 radical (unpaired) electrons. The molecule has 2 aromatic rings. The highest BCUT2D eigenvalue weighted by molar-refractivity contribution is 5.72. The molecule has 0 aromatic heterocycles. The summed E-state index contributed by atoms with van der Waals surface area (Å²) in [5, 5.41) is 22.3. The van der Waals surface area contributed by atoms with Crippen molar-refractivity contribution in [2.24, 2.45) is 5.92 Å². The monoisotopic (exact) mass is 654 g/mol. The Morgan fingerprint density at radius 3 is 2.13 bits per heavy atom. The highest BCUT2D eigenvalue weighted by Gasteiger charge is 2.27. The van der Waals surface area contributed by atoms with E-state index >= 15 is 0 Å². The average molecular weight is 655 g/mol. The van der Waals surface area contributed by atoms with Gasteiger partial charge in [-0.1, -0.05) is 43.7 Å². The van der Waals surface area contributed by atoms with E-state index in [4.69, 9.17) is 34.6 Å². The number of halogens is 3. The third-order valence-electron chi connectivity index (χ3n) is 7.22. The summed E-state index contributed by atoms with van der Waals surface area (Å²) in [6.45, 7) is 10.6. The van der Waals surface area contributed by atoms with Crippen molar-refractivity contribution in [1.82, 2.24) is 0 Å². The fourth-order valence-corrected chi connectivity index (χ4v) is 5.06. The van der Waals surface area contributed by atoms with Crippen LogP contribution in [0.4, 0.5) is 13.2 Å². The maximum absolute atomic E-state index is 12.3. The van der Waals surface area contributed by atoms with Crippen molar-refractivity contribution in [1.29, 1.82) is 0 Å². The molecule has 1 saturated carbocycles. The number of benzene rings is 2. The van der Waals surface area contributed by atoms with Crippen LogP contribution in [0.3, 0.4) is 0 Å². The minimum atomic E-state index is -4.03. The summed E-state index contributed by atoms with van der Waals surface area (Å²) in [6.07, 6.45) is 4.65. The minimum Gasteiger partial charge on any atom is -0.493 e. The predicted molar refractivity (Wildman–Crippen MR) is 172 cm³/mol. The van der Waals surface area contributed by atoms with Gasteiger partial charge in [0, 0.05) is 18.1 Å². The fourth-order valence-electron chi connectivity index (χ4n) is 5.06. The molecule has 1 aliphatic rings. The van der Waals surface area contributed by atoms with E-state index in [0.29, 0.717) is 42.6 Å². The first-order chi connectivity index (χ1) is 22.0. The van der Waals surface area contributed by atoms with Crippen molar-refractivity contribution in [3.63, 3.8) is 0 Å². The molecule has 3 rings (SSSR count). The SMILES string of the molecule is C=C(C=O)CO.C=CCCOc1cc(OOC)cc(-c2ccc(C3CCC(CCCCC(F)(F)F)CC3)cc2C)c1.C=O.OCO. The van der Waals surface area contributed by atoms with Crippen LogP contribution in [0, 0.1) is 12.8 Å². The number of aliphatic hydroxyl groups is 3. The second-order valence-corrected chi connectivity index (χ2v) is 10.6. The molecular weight excluding hydrogens is 605 g/mol. The summed E-state index contributed by atoms with van der Waals surface area (Å²) in [5.41, 5.74) is 4.86. The molecule has 0 unspecified atom stereocenters. The van der Waals surface area contributed by atoms with E-state index in [-0.39, 0.29) is 18.6 Å². The topological polar surface area (TPSA) is 123 Å². The maximum Gasteiger partial charge on any atom is 0.389 e. The van der Waals surface area contributed by atoms with Crippen LogP contribution in [0.1, 0.15) is 74.8 Å². The van der Waals surface area contributed by atoms with Gasteiger partial charge in [-0.05, 0) is 91.7 Å². The van der Waals surface area contributed by atoms with Gasteiger partial charge in [0.2, 0.25) is 0 Å². The lowest BCUT2D eigenvalue weighted by molar-refractivity contribution is -0.178. The first-order valence-corrected chi connectivity index (χ1v) is 15.0. The molecule has 258 valence electrons. The van der Waals surface area contributed by atoms with E-state index in [1.165, 1.54) is 18.2 Å². The second kappa shape index (κ2) is 24.7. The molecule has 8 nitrogen and oxygen atoms in total. The zero-order valence-corrected chi connectivity index (χ0v) is 26.9. The predicted octanol–water partition coefficient (Wildman–Crippen LogP) is 7.43. The van der Waals surface area contributed by atoms with Crippen molar-refractivity contribution in [3.05, 3.63) is 72.3 Å². The number of aryl methyl sites for hydroxylation is 1. The van der Waals surface area contributed by atoms with Crippen LogP contribution in [0.25, 0.3) is 11.1 Å². The van der Waals surface area contributed by atoms with Gasteiger partial charge in [0.1, 0.15) is 25.6 Å². The first-order valence-electron chi connectivity index (χ1n) is 15.0. The van der Waals surface area contributed by atoms with Crippen LogP contribution in [0.15, 0.2) is 61.2 Å². The smallest absolute Gasteiger partial charge is 0.389 e. The van der Waals surface area contributed by atoms with Crippen molar-refractivity contribution in [3.8, 4) is 22.6 Å². The lowest BCUT2D eigenvalue weighted by atomic mass is 9.76. The summed E-state index contributed by atoms with van der Waals surface area (Å²) in [5.74, 6) is 2.36. The molecule has 0 heterocycles. The van der Waals surface area contributed by atoms with Gasteiger partial charge in [0.15, 0.2) is 5.75 Å². The van der Waals surface area contributed by atoms with E-state index in [2.05, 4.69) is 38.3 Å². The number of hydrogen-bond acceptors (Lipinski definition) is 8. The molecule has 3 N–H and O–H groups in total. The zero-order chi connectivity index (χ0) is 35.0. The number of aliphatic hydroxyl groups excluding tert-OH is 2. The molecule has 0 atom stereocenters. The van der Waals surface area contributed by atoms with Crippen LogP contribution in [-0.4, -0.2) is 61.7 Å². The Bertz CT molecular complexity index is 1150. The number of unbranched alkanes of at least 4 members (excludes halogenated alkanes) is 1. The van der Waals surface area contributed by atoms with E-state index in [0.717, 1.165) is 49.7 Å². The van der Waals surface area contributed by atoms with Gasteiger partial charge in [0.05, 0.1) is 20.3 Å². The summed E-state index contributed by atoms with van der Waals surface area (Å²) < 4.78 is 42.9. The van der Waals surface area contributed by atoms with E-state index < -0.39 is 19.4 Å². The molecular formula is C35H49F3O8. The van der Waals surface area contributed by atoms with Gasteiger partial charge in [0.25, 0.3) is 0 Å². The number of ether oxygens (including phenoxy) is 1. The van der Waals surface area contributed by atoms with Crippen molar-refractivity contribution >= 4 is 13.1 Å². The highest BCUT2D eigenvalue weighted by Crippen LogP contribution is 2.40. The normalized spacial score (nSPS) is 15.4. The zero-order valence-electron chi connectivity index (χ0n) is 26.9. The van der Waals surface area contributed by atoms with E-state index in [1.807, 2.05) is 25.0 Å². The number of aldehydes is 1. The number of hydrogen-bond donors (Lipinski definition) is 3. The molecule has 1 fully saturated rings. The summed E-state index contributed by atoms with van der Waals surface area (Å²) in [6, 6.07) is 12.4. The van der Waals surface area contributed by atoms with Gasteiger partial charge < -0.3 is 29.7 Å². The Hall–Kier alpha value is -3.51. The summed E-state index contributed by atoms with van der Waals surface area (Å²) in [7, 11) is 1.47. The fraction of sp³-hybridized carbons (Fsp3) is 0.486. The van der Waals surface area contributed by atoms with Crippen molar-refractivity contribution in [2.75, 3.05) is 27.1 Å². The number of alkyl halides is 3. The van der Waals surface area contributed by atoms with Crippen LogP contribution in [-0.2, 0) is 14.5 Å². The van der Waals surface area contributed by atoms with Gasteiger partial charge in [-0.25, -0.2) is 0 Å². The van der Waals surface area contributed by atoms with Crippen molar-refractivity contribution < 1.29 is 52.6 Å². The molecule has 1 aliphatic carbocycles. The third kappa shape index (κ3) is 17.8. The molecule has 11 heteroatoms. The Morgan fingerprint density at radius 1 is 1.00 bits per heavy atom. The second-order valence-electron chi connectivity index (χ2n) is 10.6. The van der Waals surface area contributed by atoms with Gasteiger partial charge in [-0.3, -0.25) is 4.79 Å². The third-order valence-corrected chi connectivity index (χ3v) is 7.22. The van der Waals surface area contributed by atoms with Crippen LogP contribution in [0.2, 0.25) is 0 Å². The Kier molecular flexibility index (Phi) is 22.8. The average Bonchev–Trinajstić information content (AvgIpc) is 3.04. The number of carbonyl (C=O) groups excluding carboxylic acids is 2. The summed E-state index contributed by atoms with van der Waals surface area (Å²) in [4.78, 5) is 27.6. The van der Waals surface area contributed by atoms with Gasteiger partial charge in [-0.2, -0.15) is 18.1 Å². The van der Waals surface area contributed by atoms with E-state index in [9.17, 15) is 18.0 Å². The lowest BCUT2D eigenvalue weighted by Crippen LogP contribution is -2.14. The van der Waals surface area contributed by atoms with Crippen LogP contribution < -0.4 is 9.62 Å². The standard InChI is InChI=1S/C29H37F3O3.C4H6O2.CH4O2.CH2O/c1-4-5-16-34-26-18-25(19-27(20-26)35-33-3)28-14-13-24(17-21(28)2)23-11-9-22(10-12-23)8-6-7-15-29(30,31)32;1-4(2-5)3-6;2-1-3;1-2/h4,13-14,17-20,22-23H,1,5-12,15-16H2,2-3H3;2,6H,1,3H2;2-3H,1H2;1H2. The first kappa shape index (κ1) is 42.5. The molecule has 0 spiro atoms. The van der Waals surface area contributed by atoms with Gasteiger partial charge >= 0.3 is 6.18 Å². The lowest BCUT2D eigenvalue weighted by Gasteiger charge is -2.29. The molecule has 0 aliphatic heterocycles. The Balaban J connectivity index is 0.00000160. The van der Waals surface area contributed by atoms with Crippen molar-refractivity contribution in [2.45, 2.75) is 76.8 Å². The van der Waals surface area contributed by atoms with Crippen LogP contribution in [0.5, 0.6) is 11.5 Å². The summed E-state index contributed by atoms with van der Waals surface area (Å²) >= 11 is 0. The molecule has 0 saturated heterocycles. The molecule has 0 bridgehead atoms. The molecule has 2 aromatic carbocycles. The maximum atomic E-state index is 12.3. The highest BCUT2D eigenvalue weighted by atomic mass is 19.4. The van der Waals surface area contributed by atoms with Gasteiger partial charge in [-0.15, -0.1) is 6.58 Å². The van der Waals surface area contributed by atoms with Crippen LogP contribution >= 0.6 is 0 Å². The molecule has 46 heavy (non-hydrogen) atoms. The largest absolute Gasteiger partial charge is 0.493 e.